The number of benzene rings is 3. The molecule has 0 aliphatic heterocycles. The topological polar surface area (TPSA) is 80.3 Å². The molecular formula is C40H52O7. The van der Waals surface area contributed by atoms with Crippen molar-refractivity contribution in [2.24, 2.45) is 0 Å². The van der Waals surface area contributed by atoms with E-state index in [9.17, 15) is 9.59 Å². The van der Waals surface area contributed by atoms with Crippen LogP contribution in [0.5, 0.6) is 23.0 Å². The standard InChI is InChI=1S/C40H52O7/c1-4-7-9-11-12-13-14-15-17-39(47-38(41)6-3)45-36-28-26-35(27-29-36)44-31-32-18-22-37(23-19-32)46-40(42)33-20-24-34(25-21-33)43-30-16-10-8-5-2/h6,18-29,39H,3-5,7-17,30-31H2,1-2H3. The van der Waals surface area contributed by atoms with Crippen LogP contribution in [-0.4, -0.2) is 24.8 Å². The fraction of sp³-hybridized carbons (Fsp3) is 0.450. The van der Waals surface area contributed by atoms with E-state index in [0.717, 1.165) is 43.1 Å². The van der Waals surface area contributed by atoms with Gasteiger partial charge in [-0.25, -0.2) is 9.59 Å². The Morgan fingerprint density at radius 2 is 1.17 bits per heavy atom. The molecule has 1 atom stereocenters. The fourth-order valence-corrected chi connectivity index (χ4v) is 4.92. The molecular weight excluding hydrogens is 592 g/mol. The summed E-state index contributed by atoms with van der Waals surface area (Å²) in [7, 11) is 0. The number of hydrogen-bond donors (Lipinski definition) is 0. The SMILES string of the molecule is C=CC(=O)OC(CCCCCCCCCC)Oc1ccc(OCc2ccc(OC(=O)c3ccc(OCCCCCC)cc3)cc2)cc1. The van der Waals surface area contributed by atoms with Gasteiger partial charge in [-0.05, 0) is 79.1 Å². The van der Waals surface area contributed by atoms with Gasteiger partial charge in [0.25, 0.3) is 0 Å². The zero-order chi connectivity index (χ0) is 33.5. The Hall–Kier alpha value is -4.26. The van der Waals surface area contributed by atoms with E-state index in [2.05, 4.69) is 20.4 Å². The van der Waals surface area contributed by atoms with Gasteiger partial charge in [-0.3, -0.25) is 0 Å². The Kier molecular flexibility index (Phi) is 17.6. The molecule has 0 aromatic heterocycles. The van der Waals surface area contributed by atoms with Crippen LogP contribution in [0.2, 0.25) is 0 Å². The minimum absolute atomic E-state index is 0.340. The molecule has 3 rings (SSSR count). The average molecular weight is 645 g/mol. The zero-order valence-corrected chi connectivity index (χ0v) is 28.3. The van der Waals surface area contributed by atoms with E-state index in [1.807, 2.05) is 24.3 Å². The smallest absolute Gasteiger partial charge is 0.343 e. The molecule has 3 aromatic rings. The second-order valence-corrected chi connectivity index (χ2v) is 11.7. The second kappa shape index (κ2) is 22.3. The number of ether oxygens (including phenoxy) is 5. The highest BCUT2D eigenvalue weighted by Crippen LogP contribution is 2.23. The van der Waals surface area contributed by atoms with E-state index < -0.39 is 18.2 Å². The van der Waals surface area contributed by atoms with Crippen molar-refractivity contribution >= 4 is 11.9 Å². The van der Waals surface area contributed by atoms with E-state index in [-0.39, 0.29) is 0 Å². The van der Waals surface area contributed by atoms with Crippen molar-refractivity contribution in [3.05, 3.63) is 96.6 Å². The van der Waals surface area contributed by atoms with Crippen molar-refractivity contribution in [3.63, 3.8) is 0 Å². The molecule has 254 valence electrons. The van der Waals surface area contributed by atoms with Crippen LogP contribution in [0, 0.1) is 0 Å². The van der Waals surface area contributed by atoms with Crippen molar-refractivity contribution in [2.45, 2.75) is 110 Å². The summed E-state index contributed by atoms with van der Waals surface area (Å²) in [6, 6.07) is 21.5. The summed E-state index contributed by atoms with van der Waals surface area (Å²) in [5.74, 6) is 1.54. The van der Waals surface area contributed by atoms with Gasteiger partial charge in [0.05, 0.1) is 12.2 Å². The maximum absolute atomic E-state index is 12.6. The van der Waals surface area contributed by atoms with Gasteiger partial charge in [0.2, 0.25) is 6.29 Å². The summed E-state index contributed by atoms with van der Waals surface area (Å²) < 4.78 is 28.6. The Morgan fingerprint density at radius 3 is 1.81 bits per heavy atom. The summed E-state index contributed by atoms with van der Waals surface area (Å²) in [5, 5.41) is 0. The highest BCUT2D eigenvalue weighted by molar-refractivity contribution is 5.91. The minimum Gasteiger partial charge on any atom is -0.494 e. The normalized spacial score (nSPS) is 11.4. The Balaban J connectivity index is 1.40. The lowest BCUT2D eigenvalue weighted by atomic mass is 10.1. The summed E-state index contributed by atoms with van der Waals surface area (Å²) in [5.41, 5.74) is 1.38. The van der Waals surface area contributed by atoms with Gasteiger partial charge >= 0.3 is 11.9 Å². The molecule has 0 saturated carbocycles. The third-order valence-electron chi connectivity index (χ3n) is 7.69. The molecule has 0 radical (unpaired) electrons. The molecule has 0 aliphatic carbocycles. The summed E-state index contributed by atoms with van der Waals surface area (Å²) in [4.78, 5) is 24.5. The van der Waals surface area contributed by atoms with Gasteiger partial charge in [0.1, 0.15) is 29.6 Å². The predicted octanol–water partition coefficient (Wildman–Crippen LogP) is 10.4. The van der Waals surface area contributed by atoms with Crippen molar-refractivity contribution in [3.8, 4) is 23.0 Å². The number of esters is 2. The quantitative estimate of drug-likeness (QED) is 0.0316. The lowest BCUT2D eigenvalue weighted by Crippen LogP contribution is -2.23. The van der Waals surface area contributed by atoms with E-state index >= 15 is 0 Å². The molecule has 0 fully saturated rings. The molecule has 0 heterocycles. The Morgan fingerprint density at radius 1 is 0.638 bits per heavy atom. The molecule has 0 spiro atoms. The van der Waals surface area contributed by atoms with Gasteiger partial charge in [-0.15, -0.1) is 0 Å². The van der Waals surface area contributed by atoms with Crippen LogP contribution in [0.25, 0.3) is 0 Å². The Bertz CT molecular complexity index is 1300. The second-order valence-electron chi connectivity index (χ2n) is 11.7. The lowest BCUT2D eigenvalue weighted by molar-refractivity contribution is -0.158. The van der Waals surface area contributed by atoms with Crippen molar-refractivity contribution < 1.29 is 33.3 Å². The first kappa shape index (κ1) is 37.2. The van der Waals surface area contributed by atoms with Gasteiger partial charge in [-0.1, -0.05) is 96.8 Å². The first-order chi connectivity index (χ1) is 23.0. The molecule has 0 bridgehead atoms. The molecule has 0 amide bonds. The monoisotopic (exact) mass is 644 g/mol. The third-order valence-corrected chi connectivity index (χ3v) is 7.69. The van der Waals surface area contributed by atoms with Crippen LogP contribution in [0.4, 0.5) is 0 Å². The average Bonchev–Trinajstić information content (AvgIpc) is 3.09. The molecule has 47 heavy (non-hydrogen) atoms. The van der Waals surface area contributed by atoms with Crippen molar-refractivity contribution in [1.29, 1.82) is 0 Å². The summed E-state index contributed by atoms with van der Waals surface area (Å²) in [6.07, 6.45) is 15.2. The lowest BCUT2D eigenvalue weighted by Gasteiger charge is -2.19. The predicted molar refractivity (Wildman–Crippen MR) is 186 cm³/mol. The maximum atomic E-state index is 12.6. The minimum atomic E-state index is -0.668. The number of carbonyl (C=O) groups is 2. The summed E-state index contributed by atoms with van der Waals surface area (Å²) in [6.45, 7) is 8.92. The van der Waals surface area contributed by atoms with Crippen LogP contribution in [0.1, 0.15) is 113 Å². The molecule has 0 aliphatic rings. The van der Waals surface area contributed by atoms with E-state index in [4.69, 9.17) is 23.7 Å². The van der Waals surface area contributed by atoms with Crippen LogP contribution in [0.15, 0.2) is 85.5 Å². The van der Waals surface area contributed by atoms with E-state index in [1.165, 1.54) is 51.4 Å². The van der Waals surface area contributed by atoms with Crippen LogP contribution >= 0.6 is 0 Å². The van der Waals surface area contributed by atoms with Crippen LogP contribution < -0.4 is 18.9 Å². The van der Waals surface area contributed by atoms with Crippen LogP contribution in [-0.2, 0) is 16.1 Å². The number of carbonyl (C=O) groups excluding carboxylic acids is 2. The highest BCUT2D eigenvalue weighted by atomic mass is 16.7. The van der Waals surface area contributed by atoms with Gasteiger partial charge in [0, 0.05) is 12.5 Å². The fourth-order valence-electron chi connectivity index (χ4n) is 4.92. The molecule has 0 saturated heterocycles. The summed E-state index contributed by atoms with van der Waals surface area (Å²) >= 11 is 0. The maximum Gasteiger partial charge on any atom is 0.343 e. The van der Waals surface area contributed by atoms with E-state index in [1.54, 1.807) is 48.5 Å². The number of rotatable bonds is 24. The van der Waals surface area contributed by atoms with E-state index in [0.29, 0.717) is 42.4 Å². The van der Waals surface area contributed by atoms with Gasteiger partial charge < -0.3 is 23.7 Å². The molecule has 1 unspecified atom stereocenters. The van der Waals surface area contributed by atoms with Gasteiger partial charge in [-0.2, -0.15) is 0 Å². The largest absolute Gasteiger partial charge is 0.494 e. The van der Waals surface area contributed by atoms with Crippen molar-refractivity contribution in [1.82, 2.24) is 0 Å². The first-order valence-electron chi connectivity index (χ1n) is 17.3. The molecule has 0 N–H and O–H groups in total. The molecule has 7 heteroatoms. The van der Waals surface area contributed by atoms with Crippen LogP contribution in [0.3, 0.4) is 0 Å². The van der Waals surface area contributed by atoms with Gasteiger partial charge in [0.15, 0.2) is 0 Å². The zero-order valence-electron chi connectivity index (χ0n) is 28.3. The number of unbranched alkanes of at least 4 members (excludes halogenated alkanes) is 10. The first-order valence-corrected chi connectivity index (χ1v) is 17.3. The molecule has 7 nitrogen and oxygen atoms in total. The third kappa shape index (κ3) is 15.3. The number of hydrogen-bond acceptors (Lipinski definition) is 7. The highest BCUT2D eigenvalue weighted by Gasteiger charge is 2.15. The Labute approximate surface area is 281 Å². The van der Waals surface area contributed by atoms with Crippen molar-refractivity contribution in [2.75, 3.05) is 6.61 Å². The molecule has 3 aromatic carbocycles.